The van der Waals surface area contributed by atoms with Gasteiger partial charge >= 0.3 is 5.97 Å². The third-order valence-corrected chi connectivity index (χ3v) is 4.27. The average Bonchev–Trinajstić information content (AvgIpc) is 2.76. The van der Waals surface area contributed by atoms with Gasteiger partial charge < -0.3 is 5.11 Å². The molecular formula is C16H23NO2. The fraction of sp³-hybridized carbons (Fsp3) is 0.562. The third kappa shape index (κ3) is 2.81. The Morgan fingerprint density at radius 3 is 2.37 bits per heavy atom. The van der Waals surface area contributed by atoms with Gasteiger partial charge in [-0.3, -0.25) is 9.69 Å². The molecule has 1 aromatic carbocycles. The summed E-state index contributed by atoms with van der Waals surface area (Å²) in [6, 6.07) is 4.72. The molecule has 2 rings (SSSR count). The van der Waals surface area contributed by atoms with Crippen molar-refractivity contribution in [1.29, 1.82) is 0 Å². The number of carboxylic acids is 1. The van der Waals surface area contributed by atoms with Crippen molar-refractivity contribution in [2.24, 2.45) is 5.92 Å². The summed E-state index contributed by atoms with van der Waals surface area (Å²) in [5.41, 5.74) is 5.26. The van der Waals surface area contributed by atoms with Gasteiger partial charge in [0.15, 0.2) is 0 Å². The van der Waals surface area contributed by atoms with Crippen molar-refractivity contribution in [2.45, 2.75) is 40.2 Å². The molecule has 1 fully saturated rings. The number of carbonyl (C=O) groups is 1. The average molecular weight is 261 g/mol. The molecule has 3 heteroatoms. The van der Waals surface area contributed by atoms with Crippen LogP contribution in [-0.4, -0.2) is 29.1 Å². The number of aryl methyl sites for hydroxylation is 3. The summed E-state index contributed by atoms with van der Waals surface area (Å²) in [6.45, 7) is 10.2. The first-order chi connectivity index (χ1) is 8.90. The van der Waals surface area contributed by atoms with Crippen molar-refractivity contribution in [3.05, 3.63) is 34.4 Å². The van der Waals surface area contributed by atoms with Crippen LogP contribution in [-0.2, 0) is 4.79 Å². The van der Waals surface area contributed by atoms with E-state index >= 15 is 0 Å². The number of nitrogens with zero attached hydrogens (tertiary/aromatic N) is 1. The van der Waals surface area contributed by atoms with E-state index in [1.54, 1.807) is 0 Å². The lowest BCUT2D eigenvalue weighted by molar-refractivity contribution is -0.141. The van der Waals surface area contributed by atoms with Gasteiger partial charge in [0.05, 0.1) is 5.92 Å². The van der Waals surface area contributed by atoms with Crippen LogP contribution in [0.5, 0.6) is 0 Å². The summed E-state index contributed by atoms with van der Waals surface area (Å²) in [6.07, 6.45) is 0.767. The summed E-state index contributed by atoms with van der Waals surface area (Å²) in [7, 11) is 0. The van der Waals surface area contributed by atoms with E-state index < -0.39 is 5.97 Å². The third-order valence-electron chi connectivity index (χ3n) is 4.27. The number of hydrogen-bond acceptors (Lipinski definition) is 2. The molecule has 1 aromatic rings. The van der Waals surface area contributed by atoms with Crippen LogP contribution in [0.15, 0.2) is 12.1 Å². The molecule has 0 radical (unpaired) electrons. The molecule has 19 heavy (non-hydrogen) atoms. The lowest BCUT2D eigenvalue weighted by atomic mass is 9.94. The van der Waals surface area contributed by atoms with Crippen LogP contribution in [0.4, 0.5) is 0 Å². The van der Waals surface area contributed by atoms with Crippen LogP contribution in [0.25, 0.3) is 0 Å². The highest BCUT2D eigenvalue weighted by Gasteiger charge is 2.31. The Hall–Kier alpha value is -1.35. The van der Waals surface area contributed by atoms with Crippen LogP contribution in [0.2, 0.25) is 0 Å². The predicted octanol–water partition coefficient (Wildman–Crippen LogP) is 3.08. The summed E-state index contributed by atoms with van der Waals surface area (Å²) < 4.78 is 0. The second-order valence-electron chi connectivity index (χ2n) is 5.81. The van der Waals surface area contributed by atoms with Gasteiger partial charge in [-0.05, 0) is 57.4 Å². The number of aliphatic carboxylic acids is 1. The van der Waals surface area contributed by atoms with Crippen molar-refractivity contribution in [3.8, 4) is 0 Å². The van der Waals surface area contributed by atoms with Crippen LogP contribution in [0.3, 0.4) is 0 Å². The molecule has 3 nitrogen and oxygen atoms in total. The van der Waals surface area contributed by atoms with Crippen LogP contribution in [0.1, 0.15) is 41.6 Å². The molecule has 1 aliphatic heterocycles. The Morgan fingerprint density at radius 2 is 1.89 bits per heavy atom. The van der Waals surface area contributed by atoms with E-state index in [-0.39, 0.29) is 5.92 Å². The van der Waals surface area contributed by atoms with Crippen LogP contribution in [0, 0.1) is 26.7 Å². The lowest BCUT2D eigenvalue weighted by Gasteiger charge is -2.27. The monoisotopic (exact) mass is 261 g/mol. The van der Waals surface area contributed by atoms with Gasteiger partial charge in [0.25, 0.3) is 0 Å². The zero-order chi connectivity index (χ0) is 14.2. The molecule has 0 bridgehead atoms. The molecule has 104 valence electrons. The van der Waals surface area contributed by atoms with Crippen molar-refractivity contribution in [2.75, 3.05) is 13.1 Å². The van der Waals surface area contributed by atoms with Crippen molar-refractivity contribution < 1.29 is 9.90 Å². The minimum atomic E-state index is -0.660. The van der Waals surface area contributed by atoms with E-state index in [9.17, 15) is 4.79 Å². The van der Waals surface area contributed by atoms with E-state index in [4.69, 9.17) is 5.11 Å². The molecule has 1 aliphatic rings. The van der Waals surface area contributed by atoms with Crippen molar-refractivity contribution in [1.82, 2.24) is 4.90 Å². The molecule has 0 spiro atoms. The molecule has 1 N–H and O–H groups in total. The molecule has 1 saturated heterocycles. The van der Waals surface area contributed by atoms with Crippen LogP contribution < -0.4 is 0 Å². The fourth-order valence-corrected chi connectivity index (χ4v) is 3.37. The highest BCUT2D eigenvalue weighted by atomic mass is 16.4. The first kappa shape index (κ1) is 14.1. The minimum Gasteiger partial charge on any atom is -0.481 e. The zero-order valence-electron chi connectivity index (χ0n) is 12.2. The summed E-state index contributed by atoms with van der Waals surface area (Å²) in [4.78, 5) is 13.4. The second kappa shape index (κ2) is 5.33. The highest BCUT2D eigenvalue weighted by molar-refractivity contribution is 5.70. The van der Waals surface area contributed by atoms with E-state index in [0.29, 0.717) is 12.6 Å². The van der Waals surface area contributed by atoms with Gasteiger partial charge in [0.2, 0.25) is 0 Å². The standard InChI is InChI=1S/C16H23NO2/c1-10-7-11(2)15(12(3)8-10)13(4)17-6-5-14(9-17)16(18)19/h7-8,13-14H,5-6,9H2,1-4H3,(H,18,19). The molecular weight excluding hydrogens is 238 g/mol. The summed E-state index contributed by atoms with van der Waals surface area (Å²) in [5, 5.41) is 9.10. The SMILES string of the molecule is Cc1cc(C)c(C(C)N2CCC(C(=O)O)C2)c(C)c1. The van der Waals surface area contributed by atoms with E-state index in [1.165, 1.54) is 22.3 Å². The van der Waals surface area contributed by atoms with E-state index in [0.717, 1.165) is 13.0 Å². The maximum Gasteiger partial charge on any atom is 0.307 e. The topological polar surface area (TPSA) is 40.5 Å². The first-order valence-corrected chi connectivity index (χ1v) is 6.94. The molecule has 1 heterocycles. The Bertz CT molecular complexity index is 473. The van der Waals surface area contributed by atoms with E-state index in [1.807, 2.05) is 0 Å². The maximum absolute atomic E-state index is 11.1. The van der Waals surface area contributed by atoms with Gasteiger partial charge in [0, 0.05) is 12.6 Å². The quantitative estimate of drug-likeness (QED) is 0.909. The first-order valence-electron chi connectivity index (χ1n) is 6.94. The van der Waals surface area contributed by atoms with Crippen molar-refractivity contribution in [3.63, 3.8) is 0 Å². The number of likely N-dealkylation sites (tertiary alicyclic amines) is 1. The largest absolute Gasteiger partial charge is 0.481 e. The van der Waals surface area contributed by atoms with Gasteiger partial charge in [-0.2, -0.15) is 0 Å². The molecule has 0 amide bonds. The summed E-state index contributed by atoms with van der Waals surface area (Å²) >= 11 is 0. The van der Waals surface area contributed by atoms with Gasteiger partial charge in [-0.1, -0.05) is 17.7 Å². The van der Waals surface area contributed by atoms with Gasteiger partial charge in [0.1, 0.15) is 0 Å². The number of rotatable bonds is 3. The number of benzene rings is 1. The maximum atomic E-state index is 11.1. The Morgan fingerprint density at radius 1 is 1.32 bits per heavy atom. The molecule has 2 unspecified atom stereocenters. The Kier molecular flexibility index (Phi) is 3.95. The Balaban J connectivity index is 2.21. The van der Waals surface area contributed by atoms with Crippen molar-refractivity contribution >= 4 is 5.97 Å². The van der Waals surface area contributed by atoms with Crippen LogP contribution >= 0.6 is 0 Å². The smallest absolute Gasteiger partial charge is 0.307 e. The predicted molar refractivity (Wildman–Crippen MR) is 76.4 cm³/mol. The van der Waals surface area contributed by atoms with E-state index in [2.05, 4.69) is 44.7 Å². The number of hydrogen-bond donors (Lipinski definition) is 1. The molecule has 0 aliphatic carbocycles. The summed E-state index contributed by atoms with van der Waals surface area (Å²) in [5.74, 6) is -0.861. The molecule has 0 aromatic heterocycles. The van der Waals surface area contributed by atoms with Gasteiger partial charge in [-0.25, -0.2) is 0 Å². The lowest BCUT2D eigenvalue weighted by Crippen LogP contribution is -2.27. The van der Waals surface area contributed by atoms with Gasteiger partial charge in [-0.15, -0.1) is 0 Å². The highest BCUT2D eigenvalue weighted by Crippen LogP contribution is 2.31. The molecule has 0 saturated carbocycles. The molecule has 2 atom stereocenters. The number of carboxylic acid groups (broad SMARTS) is 1. The Labute approximate surface area is 115 Å². The fourth-order valence-electron chi connectivity index (χ4n) is 3.37. The minimum absolute atomic E-state index is 0.200. The normalized spacial score (nSPS) is 21.6. The zero-order valence-corrected chi connectivity index (χ0v) is 12.2. The second-order valence-corrected chi connectivity index (χ2v) is 5.81.